The molecule has 0 radical (unpaired) electrons. The zero-order chi connectivity index (χ0) is 16.1. The Kier molecular flexibility index (Phi) is 5.62. The summed E-state index contributed by atoms with van der Waals surface area (Å²) in [6.07, 6.45) is 0. The number of Topliss-reactive ketones (excluding diaryl/α,β-unsaturated/α-hetero) is 1. The number of benzene rings is 1. The van der Waals surface area contributed by atoms with Crippen molar-refractivity contribution in [3.05, 3.63) is 35.6 Å². The van der Waals surface area contributed by atoms with Crippen molar-refractivity contribution in [3.63, 3.8) is 0 Å². The van der Waals surface area contributed by atoms with Gasteiger partial charge in [-0.1, -0.05) is 36.9 Å². The molecular weight excluding hydrogens is 325 g/mol. The molecule has 0 saturated carbocycles. The van der Waals surface area contributed by atoms with E-state index in [2.05, 4.69) is 15.5 Å². The SMILES string of the molecule is CC(C)C(=O)Nc1nnc(SCC(=O)c2ccc(F)cc2)s1. The lowest BCUT2D eigenvalue weighted by molar-refractivity contribution is -0.118. The summed E-state index contributed by atoms with van der Waals surface area (Å²) in [4.78, 5) is 23.5. The third-order valence-electron chi connectivity index (χ3n) is 2.65. The van der Waals surface area contributed by atoms with Gasteiger partial charge in [0.05, 0.1) is 5.75 Å². The van der Waals surface area contributed by atoms with E-state index < -0.39 is 0 Å². The molecule has 0 aliphatic carbocycles. The highest BCUT2D eigenvalue weighted by atomic mass is 32.2. The lowest BCUT2D eigenvalue weighted by Crippen LogP contribution is -2.17. The molecule has 0 unspecified atom stereocenters. The fraction of sp³-hybridized carbons (Fsp3) is 0.286. The summed E-state index contributed by atoms with van der Waals surface area (Å²) in [5, 5.41) is 10.8. The molecule has 0 saturated heterocycles. The molecule has 0 aliphatic heterocycles. The van der Waals surface area contributed by atoms with Crippen LogP contribution in [0.1, 0.15) is 24.2 Å². The normalized spacial score (nSPS) is 10.7. The Morgan fingerprint density at radius 3 is 2.59 bits per heavy atom. The smallest absolute Gasteiger partial charge is 0.228 e. The maximum atomic E-state index is 12.8. The average Bonchev–Trinajstić information content (AvgIpc) is 2.93. The third kappa shape index (κ3) is 4.60. The second-order valence-electron chi connectivity index (χ2n) is 4.74. The van der Waals surface area contributed by atoms with Crippen LogP contribution in [0.2, 0.25) is 0 Å². The van der Waals surface area contributed by atoms with Crippen molar-refractivity contribution in [1.82, 2.24) is 10.2 Å². The van der Waals surface area contributed by atoms with Crippen LogP contribution in [0.4, 0.5) is 9.52 Å². The Bertz CT molecular complexity index is 671. The number of rotatable bonds is 6. The van der Waals surface area contributed by atoms with Crippen LogP contribution in [-0.4, -0.2) is 27.6 Å². The van der Waals surface area contributed by atoms with Gasteiger partial charge in [-0.15, -0.1) is 10.2 Å². The monoisotopic (exact) mass is 339 g/mol. The van der Waals surface area contributed by atoms with E-state index in [1.807, 2.05) is 0 Å². The third-order valence-corrected chi connectivity index (χ3v) is 4.63. The average molecular weight is 339 g/mol. The molecule has 8 heteroatoms. The molecule has 1 aromatic heterocycles. The van der Waals surface area contributed by atoms with Crippen molar-refractivity contribution in [2.75, 3.05) is 11.1 Å². The van der Waals surface area contributed by atoms with E-state index in [1.54, 1.807) is 13.8 Å². The van der Waals surface area contributed by atoms with E-state index in [4.69, 9.17) is 0 Å². The quantitative estimate of drug-likeness (QED) is 0.497. The maximum absolute atomic E-state index is 12.8. The molecule has 1 heterocycles. The van der Waals surface area contributed by atoms with Gasteiger partial charge in [0, 0.05) is 11.5 Å². The minimum Gasteiger partial charge on any atom is -0.300 e. The fourth-order valence-electron chi connectivity index (χ4n) is 1.41. The van der Waals surface area contributed by atoms with Gasteiger partial charge in [0.15, 0.2) is 10.1 Å². The Hall–Kier alpha value is -1.80. The highest BCUT2D eigenvalue weighted by molar-refractivity contribution is 8.01. The van der Waals surface area contributed by atoms with Gasteiger partial charge >= 0.3 is 0 Å². The van der Waals surface area contributed by atoms with Gasteiger partial charge in [-0.3, -0.25) is 9.59 Å². The molecule has 0 spiro atoms. The van der Waals surface area contributed by atoms with Crippen molar-refractivity contribution in [2.45, 2.75) is 18.2 Å². The molecule has 0 atom stereocenters. The van der Waals surface area contributed by atoms with Gasteiger partial charge in [-0.25, -0.2) is 4.39 Å². The zero-order valence-corrected chi connectivity index (χ0v) is 13.6. The number of nitrogens with zero attached hydrogens (tertiary/aromatic N) is 2. The van der Waals surface area contributed by atoms with E-state index in [1.165, 1.54) is 47.4 Å². The van der Waals surface area contributed by atoms with Crippen molar-refractivity contribution in [1.29, 1.82) is 0 Å². The van der Waals surface area contributed by atoms with E-state index in [0.29, 0.717) is 15.0 Å². The Balaban J connectivity index is 1.89. The van der Waals surface area contributed by atoms with Crippen LogP contribution < -0.4 is 5.32 Å². The minimum absolute atomic E-state index is 0.118. The number of ketones is 1. The topological polar surface area (TPSA) is 72.0 Å². The highest BCUT2D eigenvalue weighted by Gasteiger charge is 2.13. The summed E-state index contributed by atoms with van der Waals surface area (Å²) in [6.45, 7) is 3.57. The van der Waals surface area contributed by atoms with E-state index >= 15 is 0 Å². The van der Waals surface area contributed by atoms with Crippen LogP contribution in [0, 0.1) is 11.7 Å². The number of carbonyl (C=O) groups excluding carboxylic acids is 2. The molecule has 116 valence electrons. The summed E-state index contributed by atoms with van der Waals surface area (Å²) in [6, 6.07) is 5.41. The van der Waals surface area contributed by atoms with E-state index in [0.717, 1.165) is 0 Å². The second kappa shape index (κ2) is 7.46. The van der Waals surface area contributed by atoms with Crippen LogP contribution in [0.25, 0.3) is 0 Å². The molecule has 5 nitrogen and oxygen atoms in total. The fourth-order valence-corrected chi connectivity index (χ4v) is 3.06. The number of hydrogen-bond acceptors (Lipinski definition) is 6. The van der Waals surface area contributed by atoms with Gasteiger partial charge < -0.3 is 5.32 Å². The number of amides is 1. The first-order valence-electron chi connectivity index (χ1n) is 6.51. The van der Waals surface area contributed by atoms with Gasteiger partial charge in [-0.05, 0) is 24.3 Å². The second-order valence-corrected chi connectivity index (χ2v) is 6.94. The van der Waals surface area contributed by atoms with Crippen molar-refractivity contribution < 1.29 is 14.0 Å². The first kappa shape index (κ1) is 16.6. The Morgan fingerprint density at radius 2 is 1.95 bits per heavy atom. The number of carbonyl (C=O) groups is 2. The number of halogens is 1. The molecule has 1 amide bonds. The van der Waals surface area contributed by atoms with Crippen LogP contribution >= 0.6 is 23.1 Å². The van der Waals surface area contributed by atoms with Crippen LogP contribution in [0.5, 0.6) is 0 Å². The number of thioether (sulfide) groups is 1. The molecule has 22 heavy (non-hydrogen) atoms. The van der Waals surface area contributed by atoms with Crippen LogP contribution in [0.3, 0.4) is 0 Å². The van der Waals surface area contributed by atoms with E-state index in [-0.39, 0.29) is 29.2 Å². The predicted octanol–water partition coefficient (Wildman–Crippen LogP) is 3.25. The standard InChI is InChI=1S/C14H14FN3O2S2/c1-8(2)12(20)16-13-17-18-14(22-13)21-7-11(19)9-3-5-10(15)6-4-9/h3-6,8H,7H2,1-2H3,(H,16,17,20). The molecule has 0 bridgehead atoms. The van der Waals surface area contributed by atoms with E-state index in [9.17, 15) is 14.0 Å². The van der Waals surface area contributed by atoms with Gasteiger partial charge in [0.25, 0.3) is 0 Å². The first-order valence-corrected chi connectivity index (χ1v) is 8.32. The minimum atomic E-state index is -0.376. The molecule has 1 aromatic carbocycles. The van der Waals surface area contributed by atoms with Crippen molar-refractivity contribution >= 4 is 39.9 Å². The lowest BCUT2D eigenvalue weighted by atomic mass is 10.1. The Labute approximate surface area is 135 Å². The molecule has 2 rings (SSSR count). The summed E-state index contributed by atoms with van der Waals surface area (Å²) < 4.78 is 13.4. The first-order chi connectivity index (χ1) is 10.5. The molecule has 1 N–H and O–H groups in total. The number of hydrogen-bond donors (Lipinski definition) is 1. The summed E-state index contributed by atoms with van der Waals surface area (Å²) in [5.41, 5.74) is 0.451. The van der Waals surface area contributed by atoms with Gasteiger partial charge in [-0.2, -0.15) is 0 Å². The zero-order valence-electron chi connectivity index (χ0n) is 12.0. The summed E-state index contributed by atoms with van der Waals surface area (Å²) in [7, 11) is 0. The number of anilines is 1. The number of nitrogens with one attached hydrogen (secondary N) is 1. The molecule has 0 fully saturated rings. The summed E-state index contributed by atoms with van der Waals surface area (Å²) in [5.74, 6) is -0.583. The van der Waals surface area contributed by atoms with Gasteiger partial charge in [0.2, 0.25) is 11.0 Å². The van der Waals surface area contributed by atoms with Gasteiger partial charge in [0.1, 0.15) is 5.82 Å². The lowest BCUT2D eigenvalue weighted by Gasteiger charge is -2.02. The number of aromatic nitrogens is 2. The molecule has 0 aliphatic rings. The largest absolute Gasteiger partial charge is 0.300 e. The van der Waals surface area contributed by atoms with Crippen LogP contribution in [0.15, 0.2) is 28.6 Å². The highest BCUT2D eigenvalue weighted by Crippen LogP contribution is 2.26. The molecular formula is C14H14FN3O2S2. The van der Waals surface area contributed by atoms with Crippen molar-refractivity contribution in [2.24, 2.45) is 5.92 Å². The summed E-state index contributed by atoms with van der Waals surface area (Å²) >= 11 is 2.45. The predicted molar refractivity (Wildman–Crippen MR) is 84.8 cm³/mol. The molecule has 2 aromatic rings. The maximum Gasteiger partial charge on any atom is 0.228 e. The van der Waals surface area contributed by atoms with Crippen LogP contribution in [-0.2, 0) is 4.79 Å². The Morgan fingerprint density at radius 1 is 1.27 bits per heavy atom. The van der Waals surface area contributed by atoms with Crippen molar-refractivity contribution in [3.8, 4) is 0 Å².